The van der Waals surface area contributed by atoms with Crippen LogP contribution in [0.3, 0.4) is 0 Å². The Bertz CT molecular complexity index is 1240. The van der Waals surface area contributed by atoms with Crippen LogP contribution in [0.25, 0.3) is 0 Å². The Balaban J connectivity index is 1.37. The molecule has 0 spiro atoms. The van der Waals surface area contributed by atoms with E-state index in [1.165, 1.54) is 0 Å². The number of nitrogens with zero attached hydrogens (tertiary/aromatic N) is 1. The number of hydrogen-bond acceptors (Lipinski definition) is 5. The zero-order valence-corrected chi connectivity index (χ0v) is 20.5. The lowest BCUT2D eigenvalue weighted by molar-refractivity contribution is -0.134. The summed E-state index contributed by atoms with van der Waals surface area (Å²) in [5.74, 6) is 1.10. The maximum atomic E-state index is 13.3. The van der Waals surface area contributed by atoms with Crippen LogP contribution in [0.4, 0.5) is 10.5 Å². The van der Waals surface area contributed by atoms with Crippen molar-refractivity contribution >= 4 is 23.5 Å². The number of nitrogens with one attached hydrogen (secondary N) is 2. The molecule has 1 saturated heterocycles. The fourth-order valence-electron chi connectivity index (χ4n) is 4.10. The smallest absolute Gasteiger partial charge is 0.325 e. The van der Waals surface area contributed by atoms with Gasteiger partial charge in [-0.15, -0.1) is 0 Å². The van der Waals surface area contributed by atoms with Crippen LogP contribution in [-0.4, -0.2) is 35.9 Å². The van der Waals surface area contributed by atoms with Gasteiger partial charge in [-0.3, -0.25) is 14.5 Å². The highest BCUT2D eigenvalue weighted by Crippen LogP contribution is 2.32. The summed E-state index contributed by atoms with van der Waals surface area (Å²) >= 11 is 0. The second-order valence-electron chi connectivity index (χ2n) is 8.53. The summed E-state index contributed by atoms with van der Waals surface area (Å²) in [5.41, 5.74) is 1.09. The third-order valence-corrected chi connectivity index (χ3v) is 6.06. The molecule has 3 aromatic carbocycles. The molecule has 8 nitrogen and oxygen atoms in total. The van der Waals surface area contributed by atoms with Crippen LogP contribution in [0.2, 0.25) is 0 Å². The van der Waals surface area contributed by atoms with Gasteiger partial charge in [-0.25, -0.2) is 4.79 Å². The monoisotopic (exact) mass is 487 g/mol. The zero-order valence-electron chi connectivity index (χ0n) is 20.5. The molecule has 4 rings (SSSR count). The number of urea groups is 1. The minimum absolute atomic E-state index is 0.370. The first-order chi connectivity index (χ1) is 17.3. The van der Waals surface area contributed by atoms with E-state index < -0.39 is 23.4 Å². The van der Waals surface area contributed by atoms with Crippen LogP contribution in [-0.2, 0) is 15.1 Å². The van der Waals surface area contributed by atoms with Crippen LogP contribution >= 0.6 is 0 Å². The summed E-state index contributed by atoms with van der Waals surface area (Å²) in [6, 6.07) is 21.0. The van der Waals surface area contributed by atoms with Gasteiger partial charge in [0.15, 0.2) is 0 Å². The summed E-state index contributed by atoms with van der Waals surface area (Å²) in [7, 11) is 0. The number of imide groups is 1. The molecule has 3 aromatic rings. The van der Waals surface area contributed by atoms with Gasteiger partial charge < -0.3 is 20.1 Å². The fourth-order valence-corrected chi connectivity index (χ4v) is 4.10. The molecule has 0 unspecified atom stereocenters. The van der Waals surface area contributed by atoms with Crippen molar-refractivity contribution in [1.82, 2.24) is 10.2 Å². The van der Waals surface area contributed by atoms with Gasteiger partial charge in [-0.05, 0) is 74.4 Å². The molecule has 0 radical (unpaired) electrons. The van der Waals surface area contributed by atoms with E-state index >= 15 is 0 Å². The van der Waals surface area contributed by atoms with Gasteiger partial charge in [0.05, 0.1) is 6.61 Å². The Hall–Kier alpha value is -4.33. The lowest BCUT2D eigenvalue weighted by Gasteiger charge is -2.25. The Morgan fingerprint density at radius 3 is 2.06 bits per heavy atom. The molecule has 0 bridgehead atoms. The average Bonchev–Trinajstić information content (AvgIpc) is 3.12. The maximum Gasteiger partial charge on any atom is 0.325 e. The summed E-state index contributed by atoms with van der Waals surface area (Å²) in [6.07, 6.45) is 0.370. The number of hydrogen-bond donors (Lipinski definition) is 2. The van der Waals surface area contributed by atoms with E-state index in [1.54, 1.807) is 24.3 Å². The van der Waals surface area contributed by atoms with Crippen molar-refractivity contribution in [3.8, 4) is 17.2 Å². The first kappa shape index (κ1) is 24.8. The predicted octanol–water partition coefficient (Wildman–Crippen LogP) is 4.98. The molecule has 1 fully saturated rings. The summed E-state index contributed by atoms with van der Waals surface area (Å²) in [6.45, 7) is 5.91. The molecule has 0 aromatic heterocycles. The lowest BCUT2D eigenvalue weighted by Crippen LogP contribution is -2.44. The van der Waals surface area contributed by atoms with Gasteiger partial charge in [0.2, 0.25) is 5.91 Å². The van der Waals surface area contributed by atoms with Crippen molar-refractivity contribution in [3.05, 3.63) is 83.9 Å². The van der Waals surface area contributed by atoms with Crippen molar-refractivity contribution in [2.45, 2.75) is 32.7 Å². The van der Waals surface area contributed by atoms with E-state index in [9.17, 15) is 14.4 Å². The van der Waals surface area contributed by atoms with Crippen molar-refractivity contribution < 1.29 is 23.9 Å². The van der Waals surface area contributed by atoms with Crippen LogP contribution in [0, 0.1) is 6.92 Å². The van der Waals surface area contributed by atoms with E-state index in [1.807, 2.05) is 69.3 Å². The molecule has 186 valence electrons. The standard InChI is InChI=1S/C28H29N3O5/c1-4-28(20-8-6-19(3)7-9-20)26(33)31(27(34)30-28)18-25(32)29-21-10-12-23(13-11-21)36-24-16-14-22(15-17-24)35-5-2/h6-17H,4-5,18H2,1-3H3,(H,29,32)(H,30,34)/t28-/m1/s1. The Labute approximate surface area is 210 Å². The van der Waals surface area contributed by atoms with Crippen LogP contribution < -0.4 is 20.1 Å². The number of carbonyl (C=O) groups excluding carboxylic acids is 3. The van der Waals surface area contributed by atoms with E-state index in [-0.39, 0.29) is 6.54 Å². The van der Waals surface area contributed by atoms with Gasteiger partial charge >= 0.3 is 6.03 Å². The number of benzene rings is 3. The minimum atomic E-state index is -1.18. The Morgan fingerprint density at radius 1 is 0.889 bits per heavy atom. The molecular formula is C28H29N3O5. The topological polar surface area (TPSA) is 97.0 Å². The van der Waals surface area contributed by atoms with Gasteiger partial charge in [0.25, 0.3) is 5.91 Å². The second-order valence-corrected chi connectivity index (χ2v) is 8.53. The highest BCUT2D eigenvalue weighted by Gasteiger charge is 2.51. The zero-order chi connectivity index (χ0) is 25.7. The van der Waals surface area contributed by atoms with Crippen molar-refractivity contribution in [3.63, 3.8) is 0 Å². The Morgan fingerprint density at radius 2 is 1.47 bits per heavy atom. The first-order valence-corrected chi connectivity index (χ1v) is 11.9. The minimum Gasteiger partial charge on any atom is -0.494 e. The van der Waals surface area contributed by atoms with E-state index in [2.05, 4.69) is 10.6 Å². The SMILES string of the molecule is CCOc1ccc(Oc2ccc(NC(=O)CN3C(=O)N[C@](CC)(c4ccc(C)cc4)C3=O)cc2)cc1. The molecule has 8 heteroatoms. The fraction of sp³-hybridized carbons (Fsp3) is 0.250. The number of rotatable bonds is 9. The molecule has 36 heavy (non-hydrogen) atoms. The van der Waals surface area contributed by atoms with E-state index in [4.69, 9.17) is 9.47 Å². The van der Waals surface area contributed by atoms with Crippen molar-refractivity contribution in [1.29, 1.82) is 0 Å². The quantitative estimate of drug-likeness (QED) is 0.415. The molecule has 1 heterocycles. The normalized spacial score (nSPS) is 17.0. The summed E-state index contributed by atoms with van der Waals surface area (Å²) < 4.78 is 11.2. The molecular weight excluding hydrogens is 458 g/mol. The van der Waals surface area contributed by atoms with Crippen LogP contribution in [0.15, 0.2) is 72.8 Å². The lowest BCUT2D eigenvalue weighted by atomic mass is 9.87. The maximum absolute atomic E-state index is 13.3. The van der Waals surface area contributed by atoms with E-state index in [0.29, 0.717) is 35.8 Å². The number of carbonyl (C=O) groups is 3. The van der Waals surface area contributed by atoms with Gasteiger partial charge in [0, 0.05) is 5.69 Å². The third kappa shape index (κ3) is 5.17. The number of amides is 4. The molecule has 1 aliphatic heterocycles. The molecule has 2 N–H and O–H groups in total. The molecule has 0 aliphatic carbocycles. The molecule has 1 atom stereocenters. The Kier molecular flexibility index (Phi) is 7.24. The van der Waals surface area contributed by atoms with Crippen LogP contribution in [0.1, 0.15) is 31.4 Å². The number of aryl methyl sites for hydroxylation is 1. The summed E-state index contributed by atoms with van der Waals surface area (Å²) in [4.78, 5) is 39.5. The molecule has 4 amide bonds. The number of anilines is 1. The number of ether oxygens (including phenoxy) is 2. The van der Waals surface area contributed by atoms with Crippen molar-refractivity contribution in [2.24, 2.45) is 0 Å². The highest BCUT2D eigenvalue weighted by atomic mass is 16.5. The largest absolute Gasteiger partial charge is 0.494 e. The average molecular weight is 488 g/mol. The van der Waals surface area contributed by atoms with E-state index in [0.717, 1.165) is 16.2 Å². The van der Waals surface area contributed by atoms with Gasteiger partial charge in [-0.1, -0.05) is 36.8 Å². The predicted molar refractivity (Wildman–Crippen MR) is 136 cm³/mol. The molecule has 0 saturated carbocycles. The second kappa shape index (κ2) is 10.5. The van der Waals surface area contributed by atoms with Crippen LogP contribution in [0.5, 0.6) is 17.2 Å². The van der Waals surface area contributed by atoms with Crippen molar-refractivity contribution in [2.75, 3.05) is 18.5 Å². The molecule has 1 aliphatic rings. The first-order valence-electron chi connectivity index (χ1n) is 11.9. The third-order valence-electron chi connectivity index (χ3n) is 6.06. The summed E-state index contributed by atoms with van der Waals surface area (Å²) in [5, 5.41) is 5.53. The van der Waals surface area contributed by atoms with Gasteiger partial charge in [0.1, 0.15) is 29.3 Å². The van der Waals surface area contributed by atoms with Gasteiger partial charge in [-0.2, -0.15) is 0 Å². The highest BCUT2D eigenvalue weighted by molar-refractivity contribution is 6.10.